The summed E-state index contributed by atoms with van der Waals surface area (Å²) in [5.41, 5.74) is 7.19. The van der Waals surface area contributed by atoms with E-state index in [1.165, 1.54) is 5.56 Å². The molecule has 4 aromatic heterocycles. The highest BCUT2D eigenvalue weighted by molar-refractivity contribution is 6.09. The lowest BCUT2D eigenvalue weighted by molar-refractivity contribution is 0.497. The first-order chi connectivity index (χ1) is 18.3. The molecule has 7 rings (SSSR count). The minimum atomic E-state index is 0.550. The van der Waals surface area contributed by atoms with Crippen molar-refractivity contribution in [2.24, 2.45) is 0 Å². The lowest BCUT2D eigenvalue weighted by Crippen LogP contribution is -2.03. The zero-order chi connectivity index (χ0) is 24.6. The van der Waals surface area contributed by atoms with Crippen molar-refractivity contribution in [3.63, 3.8) is 0 Å². The third kappa shape index (κ3) is 3.79. The Balaban J connectivity index is 1.55. The van der Waals surface area contributed by atoms with Crippen LogP contribution in [0.4, 0.5) is 0 Å². The van der Waals surface area contributed by atoms with Gasteiger partial charge in [0.25, 0.3) is 0 Å². The number of nitrogens with zero attached hydrogens (tertiary/aromatic N) is 5. The van der Waals surface area contributed by atoms with E-state index in [0.717, 1.165) is 50.6 Å². The third-order valence-electron chi connectivity index (χ3n) is 6.63. The van der Waals surface area contributed by atoms with Crippen LogP contribution in [0.15, 0.2) is 120 Å². The van der Waals surface area contributed by atoms with Gasteiger partial charge in [0, 0.05) is 12.0 Å². The molecule has 0 amide bonds. The molecule has 4 heterocycles. The van der Waals surface area contributed by atoms with Gasteiger partial charge in [-0.05, 0) is 28.8 Å². The van der Waals surface area contributed by atoms with Crippen LogP contribution in [0, 0.1) is 0 Å². The second-order valence-corrected chi connectivity index (χ2v) is 9.02. The molecule has 178 valence electrons. The SMILES string of the molecule is c1ccc(Cc2nc3c4c(-c5ccccc5)c(-c5ccccc5)n(Cc5ccco5)c4ncn3n2)cc1. The predicted molar refractivity (Wildman–Crippen MR) is 144 cm³/mol. The summed E-state index contributed by atoms with van der Waals surface area (Å²) in [6, 6.07) is 35.1. The first kappa shape index (κ1) is 21.3. The van der Waals surface area contributed by atoms with Gasteiger partial charge in [-0.2, -0.15) is 0 Å². The zero-order valence-electron chi connectivity index (χ0n) is 20.0. The molecule has 0 radical (unpaired) electrons. The molecule has 0 N–H and O–H groups in total. The highest BCUT2D eigenvalue weighted by atomic mass is 16.3. The maximum Gasteiger partial charge on any atom is 0.169 e. The molecule has 0 unspecified atom stereocenters. The van der Waals surface area contributed by atoms with Crippen LogP contribution in [-0.4, -0.2) is 24.1 Å². The van der Waals surface area contributed by atoms with Crippen molar-refractivity contribution in [3.05, 3.63) is 133 Å². The van der Waals surface area contributed by atoms with Gasteiger partial charge in [0.1, 0.15) is 17.7 Å². The minimum absolute atomic E-state index is 0.550. The van der Waals surface area contributed by atoms with Gasteiger partial charge >= 0.3 is 0 Å². The Hall–Kier alpha value is -4.97. The van der Waals surface area contributed by atoms with Crippen molar-refractivity contribution in [1.82, 2.24) is 24.1 Å². The Morgan fingerprint density at radius 1 is 0.703 bits per heavy atom. The van der Waals surface area contributed by atoms with Crippen molar-refractivity contribution in [2.45, 2.75) is 13.0 Å². The number of hydrogen-bond acceptors (Lipinski definition) is 4. The maximum absolute atomic E-state index is 5.77. The summed E-state index contributed by atoms with van der Waals surface area (Å²) in [4.78, 5) is 9.97. The van der Waals surface area contributed by atoms with Crippen LogP contribution < -0.4 is 0 Å². The number of furan rings is 1. The number of fused-ring (bicyclic) bond motifs is 3. The molecule has 0 aliphatic heterocycles. The summed E-state index contributed by atoms with van der Waals surface area (Å²) < 4.78 is 9.81. The molecular formula is C31H23N5O. The minimum Gasteiger partial charge on any atom is -0.467 e. The van der Waals surface area contributed by atoms with Crippen LogP contribution in [0.3, 0.4) is 0 Å². The summed E-state index contributed by atoms with van der Waals surface area (Å²) in [5.74, 6) is 1.63. The molecule has 3 aromatic carbocycles. The third-order valence-corrected chi connectivity index (χ3v) is 6.63. The first-order valence-electron chi connectivity index (χ1n) is 12.3. The molecule has 7 aromatic rings. The second-order valence-electron chi connectivity index (χ2n) is 9.02. The Kier molecular flexibility index (Phi) is 5.14. The highest BCUT2D eigenvalue weighted by Crippen LogP contribution is 2.42. The van der Waals surface area contributed by atoms with Gasteiger partial charge in [-0.3, -0.25) is 0 Å². The number of hydrogen-bond donors (Lipinski definition) is 0. The van der Waals surface area contributed by atoms with E-state index in [0.29, 0.717) is 13.0 Å². The van der Waals surface area contributed by atoms with Crippen molar-refractivity contribution in [1.29, 1.82) is 0 Å². The molecule has 6 nitrogen and oxygen atoms in total. The molecule has 0 fully saturated rings. The van der Waals surface area contributed by atoms with E-state index in [2.05, 4.69) is 65.2 Å². The van der Waals surface area contributed by atoms with Gasteiger partial charge in [0.2, 0.25) is 0 Å². The molecule has 37 heavy (non-hydrogen) atoms. The fourth-order valence-corrected chi connectivity index (χ4v) is 5.03. The van der Waals surface area contributed by atoms with Crippen LogP contribution in [0.1, 0.15) is 17.1 Å². The predicted octanol–water partition coefficient (Wildman–Crippen LogP) is 6.65. The van der Waals surface area contributed by atoms with E-state index in [4.69, 9.17) is 19.5 Å². The first-order valence-corrected chi connectivity index (χ1v) is 12.3. The summed E-state index contributed by atoms with van der Waals surface area (Å²) in [5, 5.41) is 5.77. The van der Waals surface area contributed by atoms with Crippen LogP contribution in [0.25, 0.3) is 39.1 Å². The molecule has 6 heteroatoms. The van der Waals surface area contributed by atoms with E-state index in [9.17, 15) is 0 Å². The molecule has 0 saturated carbocycles. The highest BCUT2D eigenvalue weighted by Gasteiger charge is 2.25. The Morgan fingerprint density at radius 3 is 2.11 bits per heavy atom. The smallest absolute Gasteiger partial charge is 0.169 e. The summed E-state index contributed by atoms with van der Waals surface area (Å²) in [6.07, 6.45) is 4.13. The van der Waals surface area contributed by atoms with Gasteiger partial charge < -0.3 is 8.98 Å². The fourth-order valence-electron chi connectivity index (χ4n) is 5.03. The van der Waals surface area contributed by atoms with Crippen molar-refractivity contribution >= 4 is 16.7 Å². The lowest BCUT2D eigenvalue weighted by atomic mass is 9.99. The molecule has 0 aliphatic rings. The lowest BCUT2D eigenvalue weighted by Gasteiger charge is -2.11. The molecular weight excluding hydrogens is 458 g/mol. The average molecular weight is 482 g/mol. The Labute approximate surface area is 213 Å². The number of benzene rings is 3. The Morgan fingerprint density at radius 2 is 1.41 bits per heavy atom. The topological polar surface area (TPSA) is 61.2 Å². The van der Waals surface area contributed by atoms with Gasteiger partial charge in [0.15, 0.2) is 11.5 Å². The van der Waals surface area contributed by atoms with Gasteiger partial charge in [-0.15, -0.1) is 5.10 Å². The van der Waals surface area contributed by atoms with Crippen molar-refractivity contribution in [2.75, 3.05) is 0 Å². The van der Waals surface area contributed by atoms with Crippen molar-refractivity contribution in [3.8, 4) is 22.4 Å². The standard InChI is InChI=1S/C31H23N5O/c1-4-11-22(12-5-1)19-26-33-31-28-27(23-13-6-2-7-14-23)29(24-15-8-3-9-16-24)35(20-25-17-10-18-37-25)30(28)32-21-36(31)34-26/h1-18,21H,19-20H2. The largest absolute Gasteiger partial charge is 0.467 e. The Bertz CT molecular complexity index is 1800. The average Bonchev–Trinajstić information content (AvgIpc) is 3.68. The summed E-state index contributed by atoms with van der Waals surface area (Å²) in [6.45, 7) is 0.550. The van der Waals surface area contributed by atoms with Crippen LogP contribution >= 0.6 is 0 Å². The van der Waals surface area contributed by atoms with Crippen LogP contribution in [0.5, 0.6) is 0 Å². The monoisotopic (exact) mass is 481 g/mol. The molecule has 0 saturated heterocycles. The van der Waals surface area contributed by atoms with Gasteiger partial charge in [-0.25, -0.2) is 14.5 Å². The van der Waals surface area contributed by atoms with E-state index in [1.807, 2.05) is 42.5 Å². The maximum atomic E-state index is 5.77. The fraction of sp³-hybridized carbons (Fsp3) is 0.0645. The van der Waals surface area contributed by atoms with E-state index >= 15 is 0 Å². The molecule has 0 bridgehead atoms. The number of aromatic nitrogens is 5. The molecule has 0 atom stereocenters. The number of rotatable bonds is 6. The molecule has 0 spiro atoms. The normalized spacial score (nSPS) is 11.5. The van der Waals surface area contributed by atoms with Crippen molar-refractivity contribution < 1.29 is 4.42 Å². The summed E-state index contributed by atoms with van der Waals surface area (Å²) >= 11 is 0. The van der Waals surface area contributed by atoms with Crippen LogP contribution in [0.2, 0.25) is 0 Å². The van der Waals surface area contributed by atoms with E-state index in [1.54, 1.807) is 17.1 Å². The van der Waals surface area contributed by atoms with Gasteiger partial charge in [0.05, 0.1) is 23.9 Å². The quantitative estimate of drug-likeness (QED) is 0.267. The second kappa shape index (κ2) is 8.91. The van der Waals surface area contributed by atoms with Crippen LogP contribution in [-0.2, 0) is 13.0 Å². The summed E-state index contributed by atoms with van der Waals surface area (Å²) in [7, 11) is 0. The van der Waals surface area contributed by atoms with E-state index < -0.39 is 0 Å². The zero-order valence-corrected chi connectivity index (χ0v) is 20.0. The van der Waals surface area contributed by atoms with Gasteiger partial charge in [-0.1, -0.05) is 91.0 Å². The molecule has 0 aliphatic carbocycles. The van der Waals surface area contributed by atoms with E-state index in [-0.39, 0.29) is 0 Å².